The van der Waals surface area contributed by atoms with Crippen LogP contribution in [0.25, 0.3) is 0 Å². The monoisotopic (exact) mass is 343 g/mol. The van der Waals surface area contributed by atoms with Gasteiger partial charge in [-0.25, -0.2) is 0 Å². The van der Waals surface area contributed by atoms with E-state index >= 15 is 0 Å². The van der Waals surface area contributed by atoms with Gasteiger partial charge in [-0.2, -0.15) is 0 Å². The standard InChI is InChI=1S/C22H33NO2/c1-4-5-14-13-20(2)15(12-19(14)24)6-7-16-17(20)8-10-21(3)18(16)9-11-22(21,23)25/h4,12,14,16-18,25H,1,5-11,13,23H2,2-3H3/t14?,16-,17+,18+,20+,21+,22+/m1/s1. The van der Waals surface area contributed by atoms with E-state index in [4.69, 9.17) is 5.73 Å². The SMILES string of the molecule is C=CCC1C[C@@]2(C)C(=CC1=O)CC[C@@H]1[C@@H]2CC[C@@]2(C)[C@H]1CC[C@]2(N)O. The Morgan fingerprint density at radius 3 is 2.72 bits per heavy atom. The third kappa shape index (κ3) is 2.28. The summed E-state index contributed by atoms with van der Waals surface area (Å²) in [5, 5.41) is 10.8. The van der Waals surface area contributed by atoms with Crippen molar-refractivity contribution in [1.29, 1.82) is 0 Å². The lowest BCUT2D eigenvalue weighted by Gasteiger charge is -2.59. The Morgan fingerprint density at radius 2 is 2.00 bits per heavy atom. The zero-order valence-electron chi connectivity index (χ0n) is 15.8. The van der Waals surface area contributed by atoms with Crippen molar-refractivity contribution in [2.24, 2.45) is 40.2 Å². The van der Waals surface area contributed by atoms with E-state index in [-0.39, 0.29) is 16.7 Å². The summed E-state index contributed by atoms with van der Waals surface area (Å²) in [6.07, 6.45) is 11.8. The van der Waals surface area contributed by atoms with Gasteiger partial charge in [-0.3, -0.25) is 4.79 Å². The molecule has 3 nitrogen and oxygen atoms in total. The molecule has 4 aliphatic rings. The average molecular weight is 344 g/mol. The zero-order chi connectivity index (χ0) is 18.0. The Morgan fingerprint density at radius 1 is 1.28 bits per heavy atom. The lowest BCUT2D eigenvalue weighted by molar-refractivity contribution is -0.131. The van der Waals surface area contributed by atoms with E-state index < -0.39 is 5.72 Å². The molecule has 7 atom stereocenters. The van der Waals surface area contributed by atoms with Crippen LogP contribution < -0.4 is 5.73 Å². The van der Waals surface area contributed by atoms with Crippen LogP contribution in [0.15, 0.2) is 24.3 Å². The number of allylic oxidation sites excluding steroid dienone is 2. The average Bonchev–Trinajstić information content (AvgIpc) is 2.79. The topological polar surface area (TPSA) is 63.3 Å². The maximum absolute atomic E-state index is 12.5. The van der Waals surface area contributed by atoms with Crippen LogP contribution >= 0.6 is 0 Å². The number of rotatable bonds is 2. The van der Waals surface area contributed by atoms with Crippen LogP contribution in [0.3, 0.4) is 0 Å². The minimum absolute atomic E-state index is 0.105. The van der Waals surface area contributed by atoms with Gasteiger partial charge >= 0.3 is 0 Å². The fourth-order valence-corrected chi connectivity index (χ4v) is 7.20. The van der Waals surface area contributed by atoms with Crippen molar-refractivity contribution in [1.82, 2.24) is 0 Å². The highest BCUT2D eigenvalue weighted by atomic mass is 16.3. The van der Waals surface area contributed by atoms with Crippen molar-refractivity contribution < 1.29 is 9.90 Å². The molecule has 4 aliphatic carbocycles. The lowest BCUT2D eigenvalue weighted by atomic mass is 9.46. The number of nitrogens with two attached hydrogens (primary N) is 1. The fraction of sp³-hybridized carbons (Fsp3) is 0.773. The molecule has 0 aromatic carbocycles. The molecular formula is C22H33NO2. The van der Waals surface area contributed by atoms with Gasteiger partial charge in [0.25, 0.3) is 0 Å². The zero-order valence-corrected chi connectivity index (χ0v) is 15.8. The summed E-state index contributed by atoms with van der Waals surface area (Å²) in [6, 6.07) is 0. The first-order valence-corrected chi connectivity index (χ1v) is 10.1. The maximum atomic E-state index is 12.5. The van der Waals surface area contributed by atoms with Crippen LogP contribution in [-0.2, 0) is 4.79 Å². The van der Waals surface area contributed by atoms with Gasteiger partial charge in [0.2, 0.25) is 0 Å². The third-order valence-corrected chi connectivity index (χ3v) is 8.79. The predicted octanol–water partition coefficient (Wildman–Crippen LogP) is 3.97. The number of carbonyl (C=O) groups is 1. The van der Waals surface area contributed by atoms with E-state index in [0.717, 1.165) is 51.4 Å². The molecule has 0 heterocycles. The molecule has 1 unspecified atom stereocenters. The summed E-state index contributed by atoms with van der Waals surface area (Å²) in [6.45, 7) is 8.48. The quantitative estimate of drug-likeness (QED) is 0.589. The summed E-state index contributed by atoms with van der Waals surface area (Å²) in [7, 11) is 0. The summed E-state index contributed by atoms with van der Waals surface area (Å²) in [5.41, 5.74) is 6.71. The molecule has 0 saturated heterocycles. The minimum atomic E-state index is -1.01. The van der Waals surface area contributed by atoms with Crippen LogP contribution in [0.4, 0.5) is 0 Å². The van der Waals surface area contributed by atoms with E-state index in [1.54, 1.807) is 0 Å². The highest BCUT2D eigenvalue weighted by Crippen LogP contribution is 2.66. The highest BCUT2D eigenvalue weighted by Gasteiger charge is 2.63. The molecule has 0 bridgehead atoms. The highest BCUT2D eigenvalue weighted by molar-refractivity contribution is 5.93. The molecule has 3 heteroatoms. The number of fused-ring (bicyclic) bond motifs is 5. The second kappa shape index (κ2) is 5.53. The molecule has 0 spiro atoms. The van der Waals surface area contributed by atoms with Crippen molar-refractivity contribution >= 4 is 5.78 Å². The van der Waals surface area contributed by atoms with E-state index in [9.17, 15) is 9.90 Å². The van der Waals surface area contributed by atoms with Crippen molar-refractivity contribution in [2.75, 3.05) is 0 Å². The van der Waals surface area contributed by atoms with Crippen molar-refractivity contribution in [3.63, 3.8) is 0 Å². The lowest BCUT2D eigenvalue weighted by Crippen LogP contribution is -2.58. The number of ketones is 1. The van der Waals surface area contributed by atoms with Gasteiger partial charge in [0.1, 0.15) is 5.72 Å². The first-order chi connectivity index (χ1) is 11.7. The second-order valence-electron chi connectivity index (χ2n) is 9.75. The van der Waals surface area contributed by atoms with Crippen LogP contribution in [0.5, 0.6) is 0 Å². The van der Waals surface area contributed by atoms with Gasteiger partial charge in [-0.15, -0.1) is 6.58 Å². The first-order valence-electron chi connectivity index (χ1n) is 10.1. The molecule has 0 amide bonds. The molecule has 0 aromatic heterocycles. The van der Waals surface area contributed by atoms with E-state index in [1.807, 2.05) is 12.2 Å². The molecule has 3 saturated carbocycles. The predicted molar refractivity (Wildman–Crippen MR) is 99.5 cm³/mol. The van der Waals surface area contributed by atoms with E-state index in [2.05, 4.69) is 20.4 Å². The van der Waals surface area contributed by atoms with E-state index in [1.165, 1.54) is 5.57 Å². The molecule has 0 radical (unpaired) electrons. The maximum Gasteiger partial charge on any atom is 0.159 e. The Labute approximate surface area is 151 Å². The van der Waals surface area contributed by atoms with Crippen molar-refractivity contribution in [3.05, 3.63) is 24.3 Å². The second-order valence-corrected chi connectivity index (χ2v) is 9.75. The molecule has 3 fully saturated rings. The van der Waals surface area contributed by atoms with Crippen LogP contribution in [0.2, 0.25) is 0 Å². The molecule has 0 aromatic rings. The van der Waals surface area contributed by atoms with Gasteiger partial charge in [-0.1, -0.05) is 25.5 Å². The van der Waals surface area contributed by atoms with Crippen LogP contribution in [-0.4, -0.2) is 16.6 Å². The normalized spacial score (nSPS) is 52.0. The molecule has 3 N–H and O–H groups in total. The summed E-state index contributed by atoms with van der Waals surface area (Å²) in [5.74, 6) is 2.20. The Bertz CT molecular complexity index is 636. The van der Waals surface area contributed by atoms with Gasteiger partial charge in [0, 0.05) is 11.3 Å². The fourth-order valence-electron chi connectivity index (χ4n) is 7.20. The van der Waals surface area contributed by atoms with E-state index in [0.29, 0.717) is 23.5 Å². The van der Waals surface area contributed by atoms with Crippen LogP contribution in [0.1, 0.15) is 65.2 Å². The summed E-state index contributed by atoms with van der Waals surface area (Å²) in [4.78, 5) is 12.5. The Balaban J connectivity index is 1.68. The minimum Gasteiger partial charge on any atom is -0.376 e. The van der Waals surface area contributed by atoms with Gasteiger partial charge < -0.3 is 10.8 Å². The molecule has 138 valence electrons. The molecule has 4 rings (SSSR count). The largest absolute Gasteiger partial charge is 0.376 e. The molecule has 25 heavy (non-hydrogen) atoms. The van der Waals surface area contributed by atoms with Gasteiger partial charge in [0.05, 0.1) is 0 Å². The number of aliphatic hydroxyl groups is 1. The van der Waals surface area contributed by atoms with Crippen molar-refractivity contribution in [2.45, 2.75) is 70.9 Å². The number of hydrogen-bond acceptors (Lipinski definition) is 3. The van der Waals surface area contributed by atoms with Gasteiger partial charge in [0.15, 0.2) is 5.78 Å². The first kappa shape index (κ1) is 17.5. The number of hydrogen-bond donors (Lipinski definition) is 2. The number of carbonyl (C=O) groups excluding carboxylic acids is 1. The Kier molecular flexibility index (Phi) is 3.87. The molecule has 0 aliphatic heterocycles. The Hall–Kier alpha value is -0.930. The molecular weight excluding hydrogens is 310 g/mol. The summed E-state index contributed by atoms with van der Waals surface area (Å²) >= 11 is 0. The summed E-state index contributed by atoms with van der Waals surface area (Å²) < 4.78 is 0. The van der Waals surface area contributed by atoms with Gasteiger partial charge in [-0.05, 0) is 80.6 Å². The van der Waals surface area contributed by atoms with Crippen molar-refractivity contribution in [3.8, 4) is 0 Å². The third-order valence-electron chi connectivity index (χ3n) is 8.79. The smallest absolute Gasteiger partial charge is 0.159 e. The van der Waals surface area contributed by atoms with Crippen LogP contribution in [0, 0.1) is 34.5 Å².